The van der Waals surface area contributed by atoms with E-state index in [9.17, 15) is 9.00 Å². The van der Waals surface area contributed by atoms with E-state index in [-0.39, 0.29) is 12.4 Å². The van der Waals surface area contributed by atoms with Crippen molar-refractivity contribution in [3.05, 3.63) is 12.7 Å². The van der Waals surface area contributed by atoms with Crippen molar-refractivity contribution in [1.82, 2.24) is 0 Å². The summed E-state index contributed by atoms with van der Waals surface area (Å²) in [5, 5.41) is 8.90. The molecule has 0 aromatic rings. The smallest absolute Gasteiger partial charge is 0.330 e. The van der Waals surface area contributed by atoms with E-state index in [4.69, 9.17) is 9.66 Å². The highest BCUT2D eigenvalue weighted by Gasteiger charge is 2.09. The topological polar surface area (TPSA) is 83.8 Å². The average molecular weight is 194 g/mol. The van der Waals surface area contributed by atoms with Crippen LogP contribution >= 0.6 is 0 Å². The van der Waals surface area contributed by atoms with Crippen molar-refractivity contribution in [2.45, 2.75) is 6.10 Å². The molecule has 0 spiro atoms. The van der Waals surface area contributed by atoms with Gasteiger partial charge in [0.2, 0.25) is 0 Å². The third-order valence-corrected chi connectivity index (χ3v) is 1.59. The Morgan fingerprint density at radius 3 is 2.75 bits per heavy atom. The third kappa shape index (κ3) is 6.02. The standard InChI is InChI=1S/C6H10O5S/c1-2-6(8)11-3-5(7)4-12(9)10/h2,5,7H,1,3-4H2,(H,9,10). The molecule has 2 unspecified atom stereocenters. The van der Waals surface area contributed by atoms with Gasteiger partial charge in [-0.15, -0.1) is 0 Å². The lowest BCUT2D eigenvalue weighted by atomic mass is 10.4. The highest BCUT2D eigenvalue weighted by atomic mass is 32.2. The predicted octanol–water partition coefficient (Wildman–Crippen LogP) is -0.702. The Morgan fingerprint density at radius 1 is 1.75 bits per heavy atom. The molecule has 0 bridgehead atoms. The van der Waals surface area contributed by atoms with Crippen LogP contribution in [0.1, 0.15) is 0 Å². The second-order valence-corrected chi connectivity index (χ2v) is 2.95. The Labute approximate surface area is 72.3 Å². The van der Waals surface area contributed by atoms with Gasteiger partial charge in [0.15, 0.2) is 11.1 Å². The molecular weight excluding hydrogens is 184 g/mol. The van der Waals surface area contributed by atoms with Crippen LogP contribution in [0.2, 0.25) is 0 Å². The zero-order valence-corrected chi connectivity index (χ0v) is 7.12. The Balaban J connectivity index is 3.56. The van der Waals surface area contributed by atoms with E-state index in [2.05, 4.69) is 11.3 Å². The molecule has 0 fully saturated rings. The van der Waals surface area contributed by atoms with E-state index >= 15 is 0 Å². The van der Waals surface area contributed by atoms with Crippen molar-refractivity contribution in [3.8, 4) is 0 Å². The molecule has 0 heterocycles. The Hall–Kier alpha value is -0.720. The molecule has 0 saturated carbocycles. The number of esters is 1. The quantitative estimate of drug-likeness (QED) is 0.343. The van der Waals surface area contributed by atoms with Crippen LogP contribution in [-0.2, 0) is 20.6 Å². The lowest BCUT2D eigenvalue weighted by Crippen LogP contribution is -2.23. The molecule has 12 heavy (non-hydrogen) atoms. The van der Waals surface area contributed by atoms with E-state index < -0.39 is 23.2 Å². The monoisotopic (exact) mass is 194 g/mol. The minimum absolute atomic E-state index is 0.294. The average Bonchev–Trinajstić information content (AvgIpc) is 1.99. The van der Waals surface area contributed by atoms with Gasteiger partial charge in [-0.25, -0.2) is 9.00 Å². The molecule has 0 aliphatic carbocycles. The van der Waals surface area contributed by atoms with Gasteiger partial charge in [0.05, 0.1) is 5.75 Å². The van der Waals surface area contributed by atoms with Gasteiger partial charge in [0.25, 0.3) is 0 Å². The minimum atomic E-state index is -2.08. The number of ether oxygens (including phenoxy) is 1. The normalized spacial score (nSPS) is 14.8. The van der Waals surface area contributed by atoms with Crippen LogP contribution in [0.3, 0.4) is 0 Å². The summed E-state index contributed by atoms with van der Waals surface area (Å²) in [7, 11) is 0. The summed E-state index contributed by atoms with van der Waals surface area (Å²) in [6.45, 7) is 2.84. The van der Waals surface area contributed by atoms with Crippen molar-refractivity contribution in [1.29, 1.82) is 0 Å². The summed E-state index contributed by atoms with van der Waals surface area (Å²) in [5.74, 6) is -0.998. The molecule has 0 rings (SSSR count). The van der Waals surface area contributed by atoms with E-state index in [0.29, 0.717) is 0 Å². The molecule has 0 aliphatic rings. The van der Waals surface area contributed by atoms with Crippen LogP contribution in [0.5, 0.6) is 0 Å². The summed E-state index contributed by atoms with van der Waals surface area (Å²) in [6.07, 6.45) is -0.164. The van der Waals surface area contributed by atoms with Gasteiger partial charge in [0.1, 0.15) is 12.7 Å². The summed E-state index contributed by atoms with van der Waals surface area (Å²) in [5.41, 5.74) is 0. The van der Waals surface area contributed by atoms with Gasteiger partial charge >= 0.3 is 5.97 Å². The molecule has 0 saturated heterocycles. The fraction of sp³-hybridized carbons (Fsp3) is 0.500. The van der Waals surface area contributed by atoms with Gasteiger partial charge in [0, 0.05) is 6.08 Å². The molecule has 5 nitrogen and oxygen atoms in total. The first-order valence-corrected chi connectivity index (χ1v) is 4.38. The van der Waals surface area contributed by atoms with E-state index in [1.165, 1.54) is 0 Å². The van der Waals surface area contributed by atoms with Gasteiger partial charge in [-0.05, 0) is 0 Å². The maximum atomic E-state index is 10.4. The van der Waals surface area contributed by atoms with Crippen molar-refractivity contribution in [2.75, 3.05) is 12.4 Å². The van der Waals surface area contributed by atoms with E-state index in [1.54, 1.807) is 0 Å². The predicted molar refractivity (Wildman–Crippen MR) is 42.8 cm³/mol. The Morgan fingerprint density at radius 2 is 2.33 bits per heavy atom. The fourth-order valence-corrected chi connectivity index (χ4v) is 0.875. The fourth-order valence-electron chi connectivity index (χ4n) is 0.450. The zero-order chi connectivity index (χ0) is 9.56. The first-order valence-electron chi connectivity index (χ1n) is 3.11. The molecular formula is C6H10O5S. The molecule has 0 aliphatic heterocycles. The summed E-state index contributed by atoms with van der Waals surface area (Å²) < 4.78 is 22.8. The summed E-state index contributed by atoms with van der Waals surface area (Å²) in [4.78, 5) is 10.4. The van der Waals surface area contributed by atoms with Crippen LogP contribution in [0.4, 0.5) is 0 Å². The Kier molecular flexibility index (Phi) is 5.52. The maximum Gasteiger partial charge on any atom is 0.330 e. The SMILES string of the molecule is C=CC(=O)OCC(O)CS(=O)O. The number of rotatable bonds is 5. The lowest BCUT2D eigenvalue weighted by molar-refractivity contribution is -0.140. The number of aliphatic hydroxyl groups is 1. The Bertz CT molecular complexity index is 190. The van der Waals surface area contributed by atoms with E-state index in [1.807, 2.05) is 0 Å². The highest BCUT2D eigenvalue weighted by molar-refractivity contribution is 7.79. The third-order valence-electron chi connectivity index (χ3n) is 0.920. The van der Waals surface area contributed by atoms with Crippen LogP contribution < -0.4 is 0 Å². The number of carbonyl (C=O) groups is 1. The minimum Gasteiger partial charge on any atom is -0.460 e. The van der Waals surface area contributed by atoms with Crippen molar-refractivity contribution in [3.63, 3.8) is 0 Å². The molecule has 2 atom stereocenters. The van der Waals surface area contributed by atoms with Crippen molar-refractivity contribution in [2.24, 2.45) is 0 Å². The molecule has 0 radical (unpaired) electrons. The lowest BCUT2D eigenvalue weighted by Gasteiger charge is -2.06. The molecule has 2 N–H and O–H groups in total. The first kappa shape index (κ1) is 11.3. The highest BCUT2D eigenvalue weighted by Crippen LogP contribution is 1.89. The van der Waals surface area contributed by atoms with Crippen molar-refractivity contribution >= 4 is 17.0 Å². The van der Waals surface area contributed by atoms with Crippen LogP contribution in [-0.4, -0.2) is 38.3 Å². The maximum absolute atomic E-state index is 10.4. The second-order valence-electron chi connectivity index (χ2n) is 1.98. The van der Waals surface area contributed by atoms with Gasteiger partial charge in [-0.3, -0.25) is 0 Å². The summed E-state index contributed by atoms with van der Waals surface area (Å²) in [6, 6.07) is 0. The largest absolute Gasteiger partial charge is 0.460 e. The number of aliphatic hydroxyl groups excluding tert-OH is 1. The number of carbonyl (C=O) groups excluding carboxylic acids is 1. The molecule has 70 valence electrons. The van der Waals surface area contributed by atoms with Gasteiger partial charge in [-0.1, -0.05) is 6.58 Å². The van der Waals surface area contributed by atoms with Crippen LogP contribution in [0.25, 0.3) is 0 Å². The second kappa shape index (κ2) is 5.87. The van der Waals surface area contributed by atoms with E-state index in [0.717, 1.165) is 6.08 Å². The van der Waals surface area contributed by atoms with Crippen LogP contribution in [0, 0.1) is 0 Å². The van der Waals surface area contributed by atoms with Gasteiger partial charge < -0.3 is 14.4 Å². The molecule has 0 aromatic carbocycles. The molecule has 6 heteroatoms. The molecule has 0 amide bonds. The van der Waals surface area contributed by atoms with Gasteiger partial charge in [-0.2, -0.15) is 0 Å². The number of hydrogen-bond donors (Lipinski definition) is 2. The molecule has 0 aromatic heterocycles. The van der Waals surface area contributed by atoms with Crippen molar-refractivity contribution < 1.29 is 23.4 Å². The first-order chi connectivity index (χ1) is 5.56. The summed E-state index contributed by atoms with van der Waals surface area (Å²) >= 11 is -2.08. The zero-order valence-electron chi connectivity index (χ0n) is 6.30. The van der Waals surface area contributed by atoms with Crippen LogP contribution in [0.15, 0.2) is 12.7 Å². The number of hydrogen-bond acceptors (Lipinski definition) is 4.